The van der Waals surface area contributed by atoms with Gasteiger partial charge >= 0.3 is 0 Å². The second-order valence-electron chi connectivity index (χ2n) is 5.29. The molecule has 0 radical (unpaired) electrons. The van der Waals surface area contributed by atoms with E-state index in [1.807, 2.05) is 0 Å². The molecule has 2 aromatic rings. The predicted octanol–water partition coefficient (Wildman–Crippen LogP) is 5.40. The number of aryl methyl sites for hydroxylation is 1. The zero-order chi connectivity index (χ0) is 13.3. The Morgan fingerprint density at radius 3 is 1.95 bits per heavy atom. The van der Waals surface area contributed by atoms with Crippen LogP contribution in [-0.2, 0) is 12.8 Å². The Bertz CT molecular complexity index is 453. The summed E-state index contributed by atoms with van der Waals surface area (Å²) < 4.78 is 0. The molecule has 0 saturated carbocycles. The van der Waals surface area contributed by atoms with E-state index in [1.54, 1.807) is 0 Å². The van der Waals surface area contributed by atoms with Crippen LogP contribution in [0.2, 0.25) is 0 Å². The standard InChI is InChI=1S/C19H24/c1-2-3-4-6-9-17-12-14-19(15-13-17)16-18-10-7-5-8-11-18/h5,7-8,10-15H,2-4,6,9,16H2,1H3. The van der Waals surface area contributed by atoms with Crippen molar-refractivity contribution in [3.8, 4) is 0 Å². The maximum absolute atomic E-state index is 2.30. The maximum atomic E-state index is 2.30. The van der Waals surface area contributed by atoms with Crippen molar-refractivity contribution in [2.75, 3.05) is 0 Å². The molecule has 0 N–H and O–H groups in total. The lowest BCUT2D eigenvalue weighted by Gasteiger charge is -2.05. The topological polar surface area (TPSA) is 0 Å². The molecule has 0 nitrogen and oxygen atoms in total. The second kappa shape index (κ2) is 7.78. The molecule has 0 spiro atoms. The minimum absolute atomic E-state index is 1.04. The largest absolute Gasteiger partial charge is 0.0654 e. The van der Waals surface area contributed by atoms with Crippen LogP contribution in [0.4, 0.5) is 0 Å². The minimum Gasteiger partial charge on any atom is -0.0654 e. The van der Waals surface area contributed by atoms with Crippen molar-refractivity contribution >= 4 is 0 Å². The smallest absolute Gasteiger partial charge is 0.00258 e. The van der Waals surface area contributed by atoms with Gasteiger partial charge in [0.25, 0.3) is 0 Å². The Morgan fingerprint density at radius 1 is 0.632 bits per heavy atom. The first-order valence-corrected chi connectivity index (χ1v) is 7.50. The van der Waals surface area contributed by atoms with Crippen molar-refractivity contribution < 1.29 is 0 Å². The highest BCUT2D eigenvalue weighted by molar-refractivity contribution is 5.28. The Balaban J connectivity index is 1.84. The zero-order valence-electron chi connectivity index (χ0n) is 11.9. The van der Waals surface area contributed by atoms with Gasteiger partial charge in [0.05, 0.1) is 0 Å². The summed E-state index contributed by atoms with van der Waals surface area (Å²) in [5.74, 6) is 0. The van der Waals surface area contributed by atoms with Gasteiger partial charge in [-0.3, -0.25) is 0 Å². The summed E-state index contributed by atoms with van der Waals surface area (Å²) in [6.45, 7) is 2.26. The number of rotatable bonds is 7. The third-order valence-corrected chi connectivity index (χ3v) is 3.59. The number of unbranched alkanes of at least 4 members (excludes halogenated alkanes) is 3. The van der Waals surface area contributed by atoms with Gasteiger partial charge in [0.1, 0.15) is 0 Å². The van der Waals surface area contributed by atoms with E-state index in [4.69, 9.17) is 0 Å². The van der Waals surface area contributed by atoms with Gasteiger partial charge in [0.2, 0.25) is 0 Å². The van der Waals surface area contributed by atoms with E-state index >= 15 is 0 Å². The molecular weight excluding hydrogens is 228 g/mol. The Morgan fingerprint density at radius 2 is 1.26 bits per heavy atom. The van der Waals surface area contributed by atoms with Crippen molar-refractivity contribution in [2.45, 2.75) is 45.4 Å². The number of benzene rings is 2. The monoisotopic (exact) mass is 252 g/mol. The van der Waals surface area contributed by atoms with Crippen molar-refractivity contribution in [2.24, 2.45) is 0 Å². The molecule has 0 aliphatic heterocycles. The van der Waals surface area contributed by atoms with Gasteiger partial charge in [0.15, 0.2) is 0 Å². The van der Waals surface area contributed by atoms with E-state index < -0.39 is 0 Å². The summed E-state index contributed by atoms with van der Waals surface area (Å²) in [5, 5.41) is 0. The molecule has 0 aliphatic rings. The van der Waals surface area contributed by atoms with E-state index in [1.165, 1.54) is 48.8 Å². The number of hydrogen-bond donors (Lipinski definition) is 0. The third-order valence-electron chi connectivity index (χ3n) is 3.59. The molecule has 0 heterocycles. The molecule has 0 aromatic heterocycles. The first-order valence-electron chi connectivity index (χ1n) is 7.50. The molecule has 0 unspecified atom stereocenters. The lowest BCUT2D eigenvalue weighted by Crippen LogP contribution is -1.90. The van der Waals surface area contributed by atoms with Crippen molar-refractivity contribution in [3.63, 3.8) is 0 Å². The quantitative estimate of drug-likeness (QED) is 0.579. The lowest BCUT2D eigenvalue weighted by molar-refractivity contribution is 0.667. The van der Waals surface area contributed by atoms with Crippen molar-refractivity contribution in [3.05, 3.63) is 71.3 Å². The van der Waals surface area contributed by atoms with Gasteiger partial charge in [-0.1, -0.05) is 80.8 Å². The van der Waals surface area contributed by atoms with E-state index in [2.05, 4.69) is 61.5 Å². The zero-order valence-corrected chi connectivity index (χ0v) is 11.9. The van der Waals surface area contributed by atoms with E-state index in [0.717, 1.165) is 6.42 Å². The first-order chi connectivity index (χ1) is 9.38. The highest BCUT2D eigenvalue weighted by atomic mass is 14.0. The van der Waals surface area contributed by atoms with Crippen LogP contribution in [-0.4, -0.2) is 0 Å². The molecule has 0 heteroatoms. The van der Waals surface area contributed by atoms with Crippen LogP contribution >= 0.6 is 0 Å². The average Bonchev–Trinajstić information content (AvgIpc) is 2.46. The van der Waals surface area contributed by atoms with Crippen molar-refractivity contribution in [1.29, 1.82) is 0 Å². The van der Waals surface area contributed by atoms with Crippen LogP contribution in [0, 0.1) is 0 Å². The van der Waals surface area contributed by atoms with Crippen LogP contribution in [0.3, 0.4) is 0 Å². The molecule has 0 fully saturated rings. The predicted molar refractivity (Wildman–Crippen MR) is 83.5 cm³/mol. The summed E-state index contributed by atoms with van der Waals surface area (Å²) in [7, 11) is 0. The molecule has 0 saturated heterocycles. The fourth-order valence-electron chi connectivity index (χ4n) is 2.41. The number of hydrogen-bond acceptors (Lipinski definition) is 0. The summed E-state index contributed by atoms with van der Waals surface area (Å²) in [6, 6.07) is 19.8. The summed E-state index contributed by atoms with van der Waals surface area (Å²) >= 11 is 0. The summed E-state index contributed by atoms with van der Waals surface area (Å²) in [4.78, 5) is 0. The SMILES string of the molecule is CCCCCCc1ccc(Cc2ccccc2)cc1. The van der Waals surface area contributed by atoms with Gasteiger partial charge in [0, 0.05) is 0 Å². The molecule has 0 atom stereocenters. The highest BCUT2D eigenvalue weighted by Crippen LogP contribution is 2.13. The Kier molecular flexibility index (Phi) is 5.68. The van der Waals surface area contributed by atoms with Crippen LogP contribution < -0.4 is 0 Å². The van der Waals surface area contributed by atoms with E-state index in [9.17, 15) is 0 Å². The van der Waals surface area contributed by atoms with Crippen LogP contribution in [0.25, 0.3) is 0 Å². The lowest BCUT2D eigenvalue weighted by atomic mass is 10.0. The van der Waals surface area contributed by atoms with Gasteiger partial charge in [-0.25, -0.2) is 0 Å². The third kappa shape index (κ3) is 4.90. The molecule has 0 aliphatic carbocycles. The molecule has 19 heavy (non-hydrogen) atoms. The van der Waals surface area contributed by atoms with Crippen LogP contribution in [0.1, 0.15) is 49.3 Å². The van der Waals surface area contributed by atoms with E-state index in [0.29, 0.717) is 0 Å². The molecular formula is C19H24. The fraction of sp³-hybridized carbons (Fsp3) is 0.368. The second-order valence-corrected chi connectivity index (χ2v) is 5.29. The maximum Gasteiger partial charge on any atom is -0.00258 e. The fourth-order valence-corrected chi connectivity index (χ4v) is 2.41. The molecule has 0 bridgehead atoms. The van der Waals surface area contributed by atoms with E-state index in [-0.39, 0.29) is 0 Å². The van der Waals surface area contributed by atoms with Gasteiger partial charge in [-0.15, -0.1) is 0 Å². The Labute approximate surface area is 117 Å². The highest BCUT2D eigenvalue weighted by Gasteiger charge is 1.97. The van der Waals surface area contributed by atoms with Crippen molar-refractivity contribution in [1.82, 2.24) is 0 Å². The minimum atomic E-state index is 1.04. The first kappa shape index (κ1) is 13.9. The van der Waals surface area contributed by atoms with Gasteiger partial charge in [-0.2, -0.15) is 0 Å². The molecule has 2 rings (SSSR count). The molecule has 2 aromatic carbocycles. The average molecular weight is 252 g/mol. The van der Waals surface area contributed by atoms with Gasteiger partial charge in [-0.05, 0) is 36.0 Å². The van der Waals surface area contributed by atoms with Crippen LogP contribution in [0.15, 0.2) is 54.6 Å². The van der Waals surface area contributed by atoms with Crippen LogP contribution in [0.5, 0.6) is 0 Å². The summed E-state index contributed by atoms with van der Waals surface area (Å²) in [5.41, 5.74) is 4.27. The molecule has 0 amide bonds. The summed E-state index contributed by atoms with van der Waals surface area (Å²) in [6.07, 6.45) is 7.64. The van der Waals surface area contributed by atoms with Gasteiger partial charge < -0.3 is 0 Å². The molecule has 100 valence electrons. The Hall–Kier alpha value is -1.56. The normalized spacial score (nSPS) is 10.6.